The van der Waals surface area contributed by atoms with Crippen LogP contribution in [-0.2, 0) is 15.6 Å². The van der Waals surface area contributed by atoms with Crippen molar-refractivity contribution in [3.05, 3.63) is 94.4 Å². The highest BCUT2D eigenvalue weighted by atomic mass is 16.3. The number of quaternary nitrogens is 1. The van der Waals surface area contributed by atoms with Crippen LogP contribution in [0.25, 0.3) is 0 Å². The molecule has 1 atom stereocenters. The Kier molecular flexibility index (Phi) is 3.90. The largest absolute Gasteiger partial charge is 0.871 e. The quantitative estimate of drug-likeness (QED) is 0.604. The van der Waals surface area contributed by atoms with Gasteiger partial charge in [-0.3, -0.25) is 4.79 Å². The summed E-state index contributed by atoms with van der Waals surface area (Å²) in [5.74, 6) is -0.303. The highest BCUT2D eigenvalue weighted by Gasteiger charge is 2.44. The van der Waals surface area contributed by atoms with E-state index in [0.29, 0.717) is 5.57 Å². The standard InChI is InChI=1S/C26H26N2O2/c1-25(2)17-9-5-7-11-19(17)27-21(25)13-15-23(29)16(24(15)30)14-22-26(3,4)18-10-6-8-12-20(18)28-22/h5-14,21,27-29H,1-4H3. The van der Waals surface area contributed by atoms with Crippen molar-refractivity contribution in [1.82, 2.24) is 0 Å². The van der Waals surface area contributed by atoms with Gasteiger partial charge in [-0.05, 0) is 43.7 Å². The summed E-state index contributed by atoms with van der Waals surface area (Å²) in [5, 5.41) is 18.5. The Hall–Kier alpha value is -3.11. The lowest BCUT2D eigenvalue weighted by Gasteiger charge is -2.32. The van der Waals surface area contributed by atoms with Crippen LogP contribution in [0.15, 0.2) is 83.3 Å². The molecule has 4 nitrogen and oxygen atoms in total. The number of Topliss-reactive ketones (excluding diaryl/α,β-unsaturated/α-hetero) is 1. The van der Waals surface area contributed by atoms with Crippen LogP contribution in [0, 0.1) is 0 Å². The number of carbonyl (C=O) groups excluding carboxylic acids is 1. The first-order chi connectivity index (χ1) is 14.2. The van der Waals surface area contributed by atoms with Gasteiger partial charge >= 0.3 is 0 Å². The molecule has 1 unspecified atom stereocenters. The summed E-state index contributed by atoms with van der Waals surface area (Å²) in [6.07, 6.45) is 3.62. The maximum Gasteiger partial charge on any atom is 0.191 e. The lowest BCUT2D eigenvalue weighted by molar-refractivity contribution is -0.596. The highest BCUT2D eigenvalue weighted by molar-refractivity contribution is 6.20. The Balaban J connectivity index is 1.46. The van der Waals surface area contributed by atoms with Crippen molar-refractivity contribution in [2.24, 2.45) is 0 Å². The van der Waals surface area contributed by atoms with Gasteiger partial charge in [0.2, 0.25) is 0 Å². The molecule has 0 saturated heterocycles. The molecule has 0 amide bonds. The first-order valence-electron chi connectivity index (χ1n) is 10.4. The molecule has 2 aromatic rings. The van der Waals surface area contributed by atoms with E-state index in [1.807, 2.05) is 36.4 Å². The first-order valence-corrected chi connectivity index (χ1v) is 10.4. The lowest BCUT2D eigenvalue weighted by Crippen LogP contribution is -2.84. The van der Waals surface area contributed by atoms with Crippen LogP contribution in [0.2, 0.25) is 0 Å². The average molecular weight is 399 g/mol. The van der Waals surface area contributed by atoms with Crippen LogP contribution < -0.4 is 15.7 Å². The molecule has 0 aromatic heterocycles. The summed E-state index contributed by atoms with van der Waals surface area (Å²) in [6.45, 7) is 8.55. The first kappa shape index (κ1) is 18.9. The van der Waals surface area contributed by atoms with Crippen molar-refractivity contribution < 1.29 is 15.2 Å². The number of para-hydroxylation sites is 2. The molecule has 3 aliphatic rings. The van der Waals surface area contributed by atoms with Crippen molar-refractivity contribution in [2.75, 3.05) is 5.32 Å². The van der Waals surface area contributed by atoms with Gasteiger partial charge in [0.1, 0.15) is 11.7 Å². The van der Waals surface area contributed by atoms with Gasteiger partial charge < -0.3 is 15.7 Å². The number of hydrogen-bond acceptors (Lipinski definition) is 3. The van der Waals surface area contributed by atoms with Gasteiger partial charge in [0.15, 0.2) is 5.78 Å². The third kappa shape index (κ3) is 2.53. The molecule has 4 heteroatoms. The topological polar surface area (TPSA) is 68.8 Å². The summed E-state index contributed by atoms with van der Waals surface area (Å²) in [5.41, 5.74) is 5.71. The average Bonchev–Trinajstić information content (AvgIpc) is 3.14. The van der Waals surface area contributed by atoms with Crippen molar-refractivity contribution in [2.45, 2.75) is 44.6 Å². The number of rotatable bonds is 2. The zero-order valence-electron chi connectivity index (χ0n) is 17.7. The second-order valence-electron chi connectivity index (χ2n) is 9.51. The maximum atomic E-state index is 12.9. The number of carbonyl (C=O) groups is 1. The fraction of sp³-hybridized carbons (Fsp3) is 0.269. The number of benzene rings is 2. The molecular weight excluding hydrogens is 372 g/mol. The molecule has 1 aliphatic carbocycles. The van der Waals surface area contributed by atoms with Crippen LogP contribution in [0.1, 0.15) is 38.8 Å². The molecule has 0 saturated carbocycles. The Morgan fingerprint density at radius 3 is 2.33 bits per heavy atom. The molecule has 30 heavy (non-hydrogen) atoms. The normalized spacial score (nSPS) is 25.9. The van der Waals surface area contributed by atoms with E-state index in [-0.39, 0.29) is 34.0 Å². The van der Waals surface area contributed by atoms with E-state index in [0.717, 1.165) is 11.4 Å². The second-order valence-corrected chi connectivity index (χ2v) is 9.51. The number of fused-ring (bicyclic) bond motifs is 2. The van der Waals surface area contributed by atoms with E-state index in [1.54, 1.807) is 6.08 Å². The van der Waals surface area contributed by atoms with Crippen molar-refractivity contribution >= 4 is 17.2 Å². The minimum atomic E-state index is -0.271. The van der Waals surface area contributed by atoms with Crippen LogP contribution >= 0.6 is 0 Å². The Morgan fingerprint density at radius 1 is 1.00 bits per heavy atom. The number of nitrogens with one attached hydrogen (secondary N) is 1. The van der Waals surface area contributed by atoms with E-state index in [4.69, 9.17) is 0 Å². The number of anilines is 1. The molecule has 0 bridgehead atoms. The van der Waals surface area contributed by atoms with Gasteiger partial charge in [-0.25, -0.2) is 0 Å². The van der Waals surface area contributed by atoms with Crippen molar-refractivity contribution in [3.8, 4) is 0 Å². The predicted octanol–water partition coefficient (Wildman–Crippen LogP) is 2.95. The minimum Gasteiger partial charge on any atom is -0.871 e. The van der Waals surface area contributed by atoms with Gasteiger partial charge in [0, 0.05) is 33.5 Å². The SMILES string of the molecule is CC1(C)C(=CC2=C([O-])C(=CC3[NH2+]c4ccccc4C3(C)C)C2=O)Nc2ccccc21. The van der Waals surface area contributed by atoms with E-state index < -0.39 is 0 Å². The predicted molar refractivity (Wildman–Crippen MR) is 116 cm³/mol. The Morgan fingerprint density at radius 2 is 1.67 bits per heavy atom. The van der Waals surface area contributed by atoms with E-state index >= 15 is 0 Å². The zero-order chi connectivity index (χ0) is 21.3. The Labute approximate surface area is 177 Å². The fourth-order valence-electron chi connectivity index (χ4n) is 4.91. The molecule has 2 heterocycles. The van der Waals surface area contributed by atoms with Crippen molar-refractivity contribution in [3.63, 3.8) is 0 Å². The number of ketones is 1. The zero-order valence-corrected chi connectivity index (χ0v) is 17.7. The summed E-state index contributed by atoms with van der Waals surface area (Å²) < 4.78 is 0. The molecule has 0 spiro atoms. The van der Waals surface area contributed by atoms with E-state index in [2.05, 4.69) is 56.5 Å². The summed E-state index contributed by atoms with van der Waals surface area (Å²) in [6, 6.07) is 16.4. The summed E-state index contributed by atoms with van der Waals surface area (Å²) in [7, 11) is 0. The van der Waals surface area contributed by atoms with Crippen LogP contribution in [0.5, 0.6) is 0 Å². The molecule has 0 radical (unpaired) electrons. The molecule has 2 aliphatic heterocycles. The lowest BCUT2D eigenvalue weighted by atomic mass is 9.77. The van der Waals surface area contributed by atoms with Gasteiger partial charge in [-0.1, -0.05) is 56.0 Å². The Bertz CT molecular complexity index is 1180. The monoisotopic (exact) mass is 398 g/mol. The smallest absolute Gasteiger partial charge is 0.191 e. The van der Waals surface area contributed by atoms with Crippen LogP contribution in [0.4, 0.5) is 11.4 Å². The fourth-order valence-corrected chi connectivity index (χ4v) is 4.91. The molecular formula is C26H26N2O2. The summed E-state index contributed by atoms with van der Waals surface area (Å²) >= 11 is 0. The number of allylic oxidation sites excluding steroid dienone is 4. The summed E-state index contributed by atoms with van der Waals surface area (Å²) in [4.78, 5) is 12.9. The second kappa shape index (κ2) is 6.19. The highest BCUT2D eigenvalue weighted by Crippen LogP contribution is 2.44. The van der Waals surface area contributed by atoms with Crippen LogP contribution in [0.3, 0.4) is 0 Å². The third-order valence-corrected chi connectivity index (χ3v) is 7.00. The van der Waals surface area contributed by atoms with E-state index in [9.17, 15) is 9.90 Å². The maximum absolute atomic E-state index is 12.9. The number of nitrogens with two attached hydrogens (primary N) is 1. The van der Waals surface area contributed by atoms with Gasteiger partial charge in [-0.15, -0.1) is 0 Å². The van der Waals surface area contributed by atoms with Crippen LogP contribution in [-0.4, -0.2) is 11.8 Å². The van der Waals surface area contributed by atoms with Crippen molar-refractivity contribution in [1.29, 1.82) is 0 Å². The number of hydrogen-bond donors (Lipinski definition) is 2. The molecule has 152 valence electrons. The molecule has 3 N–H and O–H groups in total. The van der Waals surface area contributed by atoms with E-state index in [1.165, 1.54) is 16.8 Å². The van der Waals surface area contributed by atoms with Gasteiger partial charge in [-0.2, -0.15) is 0 Å². The molecule has 2 aromatic carbocycles. The van der Waals surface area contributed by atoms with Gasteiger partial charge in [0.25, 0.3) is 0 Å². The molecule has 0 fully saturated rings. The third-order valence-electron chi connectivity index (χ3n) is 7.00. The van der Waals surface area contributed by atoms with Gasteiger partial charge in [0.05, 0.1) is 5.41 Å². The minimum absolute atomic E-state index is 0.0253. The molecule has 5 rings (SSSR count).